The lowest BCUT2D eigenvalue weighted by Gasteiger charge is -2.06. The highest BCUT2D eigenvalue weighted by molar-refractivity contribution is 7.98. The van der Waals surface area contributed by atoms with Crippen molar-refractivity contribution >= 4 is 23.4 Å². The first-order valence-electron chi connectivity index (χ1n) is 8.44. The molecule has 5 rings (SSSR count). The normalized spacial score (nSPS) is 17.2. The molecular formula is C17H16ClN5OS. The quantitative estimate of drug-likeness (QED) is 0.593. The molecule has 0 unspecified atom stereocenters. The van der Waals surface area contributed by atoms with Gasteiger partial charge in [-0.15, -0.1) is 20.4 Å². The van der Waals surface area contributed by atoms with Gasteiger partial charge in [-0.2, -0.15) is 0 Å². The fraction of sp³-hybridized carbons (Fsp3) is 0.412. The monoisotopic (exact) mass is 373 g/mol. The molecule has 2 aliphatic carbocycles. The number of hydrogen-bond donors (Lipinski definition) is 0. The Labute approximate surface area is 154 Å². The third-order valence-electron chi connectivity index (χ3n) is 4.43. The fourth-order valence-corrected chi connectivity index (χ4v) is 3.81. The zero-order valence-electron chi connectivity index (χ0n) is 13.4. The van der Waals surface area contributed by atoms with Crippen LogP contribution < -0.4 is 0 Å². The molecule has 8 heteroatoms. The number of halogens is 1. The molecular weight excluding hydrogens is 358 g/mol. The molecule has 6 nitrogen and oxygen atoms in total. The Hall–Kier alpha value is -1.86. The third-order valence-corrected chi connectivity index (χ3v) is 5.61. The van der Waals surface area contributed by atoms with E-state index in [0.717, 1.165) is 16.5 Å². The summed E-state index contributed by atoms with van der Waals surface area (Å²) in [5, 5.41) is 18.8. The Morgan fingerprint density at radius 3 is 2.56 bits per heavy atom. The minimum atomic E-state index is 0.509. The molecule has 25 heavy (non-hydrogen) atoms. The fourth-order valence-electron chi connectivity index (χ4n) is 2.83. The van der Waals surface area contributed by atoms with E-state index in [1.54, 1.807) is 11.8 Å². The molecule has 2 saturated carbocycles. The van der Waals surface area contributed by atoms with Gasteiger partial charge >= 0.3 is 0 Å². The van der Waals surface area contributed by atoms with E-state index >= 15 is 0 Å². The van der Waals surface area contributed by atoms with Gasteiger partial charge in [-0.1, -0.05) is 23.4 Å². The Kier molecular flexibility index (Phi) is 3.78. The largest absolute Gasteiger partial charge is 0.420 e. The molecule has 0 atom stereocenters. The first-order valence-corrected chi connectivity index (χ1v) is 9.80. The zero-order chi connectivity index (χ0) is 16.8. The van der Waals surface area contributed by atoms with Crippen LogP contribution in [-0.4, -0.2) is 25.0 Å². The SMILES string of the molecule is Clc1ccc(-c2nnc(CSc3nnc(C4CC4)n3C3CC3)o2)cc1. The van der Waals surface area contributed by atoms with Gasteiger partial charge in [0, 0.05) is 22.5 Å². The van der Waals surface area contributed by atoms with Crippen molar-refractivity contribution < 1.29 is 4.42 Å². The summed E-state index contributed by atoms with van der Waals surface area (Å²) in [6.07, 6.45) is 4.94. The van der Waals surface area contributed by atoms with Crippen LogP contribution in [0.2, 0.25) is 5.02 Å². The van der Waals surface area contributed by atoms with Crippen molar-refractivity contribution in [1.29, 1.82) is 0 Å². The molecule has 0 aliphatic heterocycles. The summed E-state index contributed by atoms with van der Waals surface area (Å²) in [5.74, 6) is 3.47. The van der Waals surface area contributed by atoms with E-state index in [0.29, 0.717) is 34.5 Å². The van der Waals surface area contributed by atoms with Crippen LogP contribution in [-0.2, 0) is 5.75 Å². The van der Waals surface area contributed by atoms with Crippen LogP contribution in [0.15, 0.2) is 33.8 Å². The maximum absolute atomic E-state index is 5.91. The molecule has 2 heterocycles. The molecule has 2 aromatic heterocycles. The van der Waals surface area contributed by atoms with Crippen molar-refractivity contribution in [1.82, 2.24) is 25.0 Å². The molecule has 1 aromatic carbocycles. The lowest BCUT2D eigenvalue weighted by atomic mass is 10.2. The van der Waals surface area contributed by atoms with E-state index in [2.05, 4.69) is 25.0 Å². The summed E-state index contributed by atoms with van der Waals surface area (Å²) in [7, 11) is 0. The van der Waals surface area contributed by atoms with E-state index in [1.807, 2.05) is 24.3 Å². The number of nitrogens with zero attached hydrogens (tertiary/aromatic N) is 5. The lowest BCUT2D eigenvalue weighted by Crippen LogP contribution is -2.01. The van der Waals surface area contributed by atoms with E-state index in [9.17, 15) is 0 Å². The highest BCUT2D eigenvalue weighted by Crippen LogP contribution is 2.46. The van der Waals surface area contributed by atoms with Crippen molar-refractivity contribution in [3.8, 4) is 11.5 Å². The molecule has 0 radical (unpaired) electrons. The average Bonchev–Trinajstić information content (AvgIpc) is 3.55. The number of thioether (sulfide) groups is 1. The van der Waals surface area contributed by atoms with Gasteiger partial charge in [0.25, 0.3) is 0 Å². The predicted octanol–water partition coefficient (Wildman–Crippen LogP) is 4.49. The molecule has 0 amide bonds. The number of hydrogen-bond acceptors (Lipinski definition) is 6. The van der Waals surface area contributed by atoms with Gasteiger partial charge in [0.1, 0.15) is 5.82 Å². The van der Waals surface area contributed by atoms with Crippen LogP contribution in [0.1, 0.15) is 49.4 Å². The van der Waals surface area contributed by atoms with Crippen LogP contribution in [0.25, 0.3) is 11.5 Å². The minimum absolute atomic E-state index is 0.509. The second-order valence-corrected chi connectivity index (χ2v) is 7.89. The third kappa shape index (κ3) is 3.18. The Morgan fingerprint density at radius 2 is 1.84 bits per heavy atom. The second-order valence-electron chi connectivity index (χ2n) is 6.51. The van der Waals surface area contributed by atoms with E-state index < -0.39 is 0 Å². The van der Waals surface area contributed by atoms with Crippen molar-refractivity contribution in [3.63, 3.8) is 0 Å². The maximum Gasteiger partial charge on any atom is 0.247 e. The summed E-state index contributed by atoms with van der Waals surface area (Å²) in [5.41, 5.74) is 0.866. The van der Waals surface area contributed by atoms with Crippen molar-refractivity contribution in [2.75, 3.05) is 0 Å². The number of aromatic nitrogens is 5. The highest BCUT2D eigenvalue weighted by atomic mass is 35.5. The van der Waals surface area contributed by atoms with Crippen LogP contribution in [0.3, 0.4) is 0 Å². The molecule has 0 N–H and O–H groups in total. The lowest BCUT2D eigenvalue weighted by molar-refractivity contribution is 0.528. The van der Waals surface area contributed by atoms with Gasteiger partial charge in [0.2, 0.25) is 11.8 Å². The van der Waals surface area contributed by atoms with E-state index in [-0.39, 0.29) is 0 Å². The topological polar surface area (TPSA) is 69.6 Å². The van der Waals surface area contributed by atoms with Crippen LogP contribution in [0.4, 0.5) is 0 Å². The minimum Gasteiger partial charge on any atom is -0.420 e. The summed E-state index contributed by atoms with van der Waals surface area (Å²) >= 11 is 7.53. The molecule has 2 aliphatic rings. The molecule has 3 aromatic rings. The Balaban J connectivity index is 1.31. The number of rotatable bonds is 6. The Morgan fingerprint density at radius 1 is 1.04 bits per heavy atom. The van der Waals surface area contributed by atoms with Gasteiger partial charge < -0.3 is 8.98 Å². The molecule has 2 fully saturated rings. The van der Waals surface area contributed by atoms with Crippen molar-refractivity contribution in [2.24, 2.45) is 0 Å². The van der Waals surface area contributed by atoms with E-state index in [4.69, 9.17) is 16.0 Å². The van der Waals surface area contributed by atoms with Gasteiger partial charge in [-0.3, -0.25) is 0 Å². The molecule has 0 bridgehead atoms. The first-order chi connectivity index (χ1) is 12.3. The smallest absolute Gasteiger partial charge is 0.247 e. The second kappa shape index (κ2) is 6.14. The van der Waals surface area contributed by atoms with Gasteiger partial charge in [-0.05, 0) is 49.9 Å². The van der Waals surface area contributed by atoms with Gasteiger partial charge in [-0.25, -0.2) is 0 Å². The van der Waals surface area contributed by atoms with Gasteiger partial charge in [0.05, 0.1) is 5.75 Å². The molecule has 0 saturated heterocycles. The van der Waals surface area contributed by atoms with Crippen LogP contribution >= 0.6 is 23.4 Å². The van der Waals surface area contributed by atoms with E-state index in [1.165, 1.54) is 25.7 Å². The average molecular weight is 374 g/mol. The summed E-state index contributed by atoms with van der Waals surface area (Å²) in [6, 6.07) is 7.96. The zero-order valence-corrected chi connectivity index (χ0v) is 15.0. The summed E-state index contributed by atoms with van der Waals surface area (Å²) in [6.45, 7) is 0. The maximum atomic E-state index is 5.91. The number of benzene rings is 1. The first kappa shape index (κ1) is 15.4. The van der Waals surface area contributed by atoms with Crippen LogP contribution in [0.5, 0.6) is 0 Å². The van der Waals surface area contributed by atoms with Crippen molar-refractivity contribution in [3.05, 3.63) is 41.0 Å². The van der Waals surface area contributed by atoms with Crippen LogP contribution in [0, 0.1) is 0 Å². The van der Waals surface area contributed by atoms with Crippen molar-refractivity contribution in [2.45, 2.75) is 48.6 Å². The highest BCUT2D eigenvalue weighted by Gasteiger charge is 2.36. The molecule has 128 valence electrons. The summed E-state index contributed by atoms with van der Waals surface area (Å²) in [4.78, 5) is 0. The molecule has 0 spiro atoms. The van der Waals surface area contributed by atoms with Gasteiger partial charge in [0.15, 0.2) is 5.16 Å². The Bertz CT molecular complexity index is 898. The standard InChI is InChI=1S/C17H16ClN5OS/c18-12-5-3-11(4-6-12)16-21-19-14(24-16)9-25-17-22-20-15(10-1-2-10)23(17)13-7-8-13/h3-6,10,13H,1-2,7-9H2. The predicted molar refractivity (Wildman–Crippen MR) is 94.6 cm³/mol. The summed E-state index contributed by atoms with van der Waals surface area (Å²) < 4.78 is 8.10.